The number of hydrogen-bond acceptors (Lipinski definition) is 12. The van der Waals surface area contributed by atoms with Crippen LogP contribution in [0.3, 0.4) is 0 Å². The zero-order valence-corrected chi connectivity index (χ0v) is 21.2. The van der Waals surface area contributed by atoms with E-state index in [-0.39, 0.29) is 0 Å². The van der Waals surface area contributed by atoms with Crippen LogP contribution in [0.15, 0.2) is 0 Å². The van der Waals surface area contributed by atoms with Crippen molar-refractivity contribution < 1.29 is 56.6 Å². The molecule has 0 fully saturated rings. The van der Waals surface area contributed by atoms with Crippen LogP contribution in [0.1, 0.15) is 0 Å². The third kappa shape index (κ3) is 27.8. The molecule has 0 N–H and O–H groups in total. The molecular formula is C21H45BO12. The van der Waals surface area contributed by atoms with Gasteiger partial charge >= 0.3 is 7.32 Å². The molecule has 0 radical (unpaired) electrons. The second kappa shape index (κ2) is 30.6. The number of methoxy groups -OCH3 is 3. The maximum absolute atomic E-state index is 5.61. The summed E-state index contributed by atoms with van der Waals surface area (Å²) >= 11 is 0. The zero-order chi connectivity index (χ0) is 24.8. The second-order valence-electron chi connectivity index (χ2n) is 6.55. The van der Waals surface area contributed by atoms with E-state index in [0.29, 0.717) is 119 Å². The fourth-order valence-electron chi connectivity index (χ4n) is 2.15. The van der Waals surface area contributed by atoms with Crippen LogP contribution in [0, 0.1) is 0 Å². The quantitative estimate of drug-likeness (QED) is 0.0983. The van der Waals surface area contributed by atoms with Gasteiger partial charge in [-0.3, -0.25) is 0 Å². The van der Waals surface area contributed by atoms with Crippen LogP contribution in [-0.2, 0) is 56.6 Å². The molecule has 204 valence electrons. The van der Waals surface area contributed by atoms with Gasteiger partial charge in [-0.2, -0.15) is 0 Å². The second-order valence-corrected chi connectivity index (χ2v) is 6.55. The van der Waals surface area contributed by atoms with Crippen molar-refractivity contribution >= 4 is 7.32 Å². The number of rotatable bonds is 30. The number of ether oxygens (including phenoxy) is 9. The van der Waals surface area contributed by atoms with Crippen molar-refractivity contribution in [2.24, 2.45) is 0 Å². The lowest BCUT2D eigenvalue weighted by atomic mass is 10.2. The molecule has 0 spiro atoms. The predicted octanol–water partition coefficient (Wildman–Crippen LogP) is 0.0599. The average molecular weight is 500 g/mol. The first kappa shape index (κ1) is 33.6. The summed E-state index contributed by atoms with van der Waals surface area (Å²) in [4.78, 5) is 0. The first-order chi connectivity index (χ1) is 16.8. The van der Waals surface area contributed by atoms with Gasteiger partial charge in [0, 0.05) is 21.3 Å². The van der Waals surface area contributed by atoms with Gasteiger partial charge in [-0.1, -0.05) is 0 Å². The smallest absolute Gasteiger partial charge is 0.383 e. The van der Waals surface area contributed by atoms with E-state index in [1.54, 1.807) is 21.3 Å². The lowest BCUT2D eigenvalue weighted by Gasteiger charge is -2.15. The van der Waals surface area contributed by atoms with Gasteiger partial charge in [-0.25, -0.2) is 0 Å². The third-order valence-electron chi connectivity index (χ3n) is 3.86. The van der Waals surface area contributed by atoms with Gasteiger partial charge in [-0.15, -0.1) is 0 Å². The Morgan fingerprint density at radius 1 is 0.294 bits per heavy atom. The summed E-state index contributed by atoms with van der Waals surface area (Å²) in [6.45, 7) is 8.34. The van der Waals surface area contributed by atoms with Gasteiger partial charge in [-0.05, 0) is 0 Å². The van der Waals surface area contributed by atoms with Crippen LogP contribution < -0.4 is 0 Å². The molecule has 0 aromatic carbocycles. The van der Waals surface area contributed by atoms with Crippen molar-refractivity contribution in [1.29, 1.82) is 0 Å². The Bertz CT molecular complexity index is 318. The molecule has 34 heavy (non-hydrogen) atoms. The van der Waals surface area contributed by atoms with E-state index in [4.69, 9.17) is 56.6 Å². The molecule has 0 aliphatic carbocycles. The molecule has 0 saturated carbocycles. The molecule has 12 nitrogen and oxygen atoms in total. The highest BCUT2D eigenvalue weighted by Crippen LogP contribution is 1.95. The van der Waals surface area contributed by atoms with Crippen molar-refractivity contribution in [3.63, 3.8) is 0 Å². The minimum absolute atomic E-state index is 0.311. The predicted molar refractivity (Wildman–Crippen MR) is 124 cm³/mol. The highest BCUT2D eigenvalue weighted by molar-refractivity contribution is 6.36. The Morgan fingerprint density at radius 2 is 0.500 bits per heavy atom. The van der Waals surface area contributed by atoms with Crippen LogP contribution in [0.2, 0.25) is 0 Å². The van der Waals surface area contributed by atoms with E-state index in [1.165, 1.54) is 0 Å². The summed E-state index contributed by atoms with van der Waals surface area (Å²) in [6.07, 6.45) is 0. The Balaban J connectivity index is 3.85. The fraction of sp³-hybridized carbons (Fsp3) is 1.00. The Labute approximate surface area is 204 Å². The molecule has 0 atom stereocenters. The fourth-order valence-corrected chi connectivity index (χ4v) is 2.15. The first-order valence-corrected chi connectivity index (χ1v) is 11.6. The first-order valence-electron chi connectivity index (χ1n) is 11.6. The van der Waals surface area contributed by atoms with Gasteiger partial charge in [0.15, 0.2) is 0 Å². The Kier molecular flexibility index (Phi) is 30.2. The lowest BCUT2D eigenvalue weighted by molar-refractivity contribution is -0.00947. The average Bonchev–Trinajstić information content (AvgIpc) is 2.85. The summed E-state index contributed by atoms with van der Waals surface area (Å²) in [6, 6.07) is 0. The molecule has 0 aliphatic heterocycles. The van der Waals surface area contributed by atoms with Crippen LogP contribution in [0.25, 0.3) is 0 Å². The molecule has 0 rings (SSSR count). The monoisotopic (exact) mass is 500 g/mol. The highest BCUT2D eigenvalue weighted by Gasteiger charge is 2.21. The molecule has 0 unspecified atom stereocenters. The molecule has 13 heteroatoms. The Morgan fingerprint density at radius 3 is 0.735 bits per heavy atom. The minimum atomic E-state index is -0.843. The van der Waals surface area contributed by atoms with Crippen LogP contribution in [-0.4, -0.2) is 148 Å². The van der Waals surface area contributed by atoms with Gasteiger partial charge < -0.3 is 56.6 Å². The molecule has 0 heterocycles. The van der Waals surface area contributed by atoms with E-state index >= 15 is 0 Å². The van der Waals surface area contributed by atoms with Crippen molar-refractivity contribution in [2.75, 3.05) is 140 Å². The van der Waals surface area contributed by atoms with Crippen molar-refractivity contribution in [3.05, 3.63) is 0 Å². The van der Waals surface area contributed by atoms with Crippen molar-refractivity contribution in [3.8, 4) is 0 Å². The zero-order valence-electron chi connectivity index (χ0n) is 21.2. The molecule has 0 aromatic rings. The molecule has 0 saturated heterocycles. The van der Waals surface area contributed by atoms with E-state index in [1.807, 2.05) is 0 Å². The minimum Gasteiger partial charge on any atom is -0.383 e. The topological polar surface area (TPSA) is 111 Å². The largest absolute Gasteiger partial charge is 0.639 e. The van der Waals surface area contributed by atoms with Gasteiger partial charge in [0.25, 0.3) is 0 Å². The third-order valence-corrected chi connectivity index (χ3v) is 3.86. The maximum Gasteiger partial charge on any atom is 0.639 e. The van der Waals surface area contributed by atoms with E-state index in [2.05, 4.69) is 0 Å². The summed E-state index contributed by atoms with van der Waals surface area (Å²) in [5.41, 5.74) is 0. The SMILES string of the molecule is COCCOCCOCCOB(OCCOCCOCCOC)OCCOCCOCCOC. The van der Waals surface area contributed by atoms with E-state index < -0.39 is 7.32 Å². The molecule has 0 bridgehead atoms. The van der Waals surface area contributed by atoms with Crippen LogP contribution in [0.4, 0.5) is 0 Å². The highest BCUT2D eigenvalue weighted by atomic mass is 16.7. The molecular weight excluding hydrogens is 455 g/mol. The molecule has 0 aliphatic rings. The summed E-state index contributed by atoms with van der Waals surface area (Å²) in [5.74, 6) is 0. The van der Waals surface area contributed by atoms with Gasteiger partial charge in [0.2, 0.25) is 0 Å². The van der Waals surface area contributed by atoms with Crippen molar-refractivity contribution in [1.82, 2.24) is 0 Å². The normalized spacial score (nSPS) is 11.4. The lowest BCUT2D eigenvalue weighted by Crippen LogP contribution is -2.32. The summed E-state index contributed by atoms with van der Waals surface area (Å²) < 4.78 is 63.9. The van der Waals surface area contributed by atoms with Crippen LogP contribution in [0.5, 0.6) is 0 Å². The van der Waals surface area contributed by atoms with E-state index in [0.717, 1.165) is 0 Å². The summed E-state index contributed by atoms with van der Waals surface area (Å²) in [5, 5.41) is 0. The van der Waals surface area contributed by atoms with Crippen molar-refractivity contribution in [2.45, 2.75) is 0 Å². The Hall–Kier alpha value is -0.415. The van der Waals surface area contributed by atoms with Gasteiger partial charge in [0.1, 0.15) is 0 Å². The maximum atomic E-state index is 5.61. The molecule has 0 aromatic heterocycles. The summed E-state index contributed by atoms with van der Waals surface area (Å²) in [7, 11) is 4.06. The van der Waals surface area contributed by atoms with Gasteiger partial charge in [0.05, 0.1) is 119 Å². The van der Waals surface area contributed by atoms with Crippen LogP contribution >= 0.6 is 0 Å². The standard InChI is InChI=1S/C21H45BO12/c1-23-4-7-26-10-13-29-16-19-32-22(33-20-17-30-14-11-27-8-5-24-2)34-21-18-31-15-12-28-9-6-25-3/h4-21H2,1-3H3. The molecule has 0 amide bonds. The number of hydrogen-bond donors (Lipinski definition) is 0. The van der Waals surface area contributed by atoms with E-state index in [9.17, 15) is 0 Å².